The zero-order valence-electron chi connectivity index (χ0n) is 4.74. The lowest BCUT2D eigenvalue weighted by Crippen LogP contribution is -1.81. The van der Waals surface area contributed by atoms with Crippen molar-refractivity contribution in [2.24, 2.45) is 0 Å². The number of hydrogen-bond donors (Lipinski definition) is 1. The van der Waals surface area contributed by atoms with E-state index in [4.69, 9.17) is 5.11 Å². The number of rotatable bonds is 1. The Kier molecular flexibility index (Phi) is 1.65. The van der Waals surface area contributed by atoms with Crippen LogP contribution in [0.3, 0.4) is 0 Å². The average Bonchev–Trinajstić information content (AvgIpc) is 1.89. The van der Waals surface area contributed by atoms with Crippen molar-refractivity contribution in [3.8, 4) is 5.75 Å². The number of pyridine rings is 1. The van der Waals surface area contributed by atoms with E-state index in [1.165, 1.54) is 18.5 Å². The Morgan fingerprint density at radius 3 is 2.89 bits per heavy atom. The molecule has 0 aliphatic heterocycles. The minimum absolute atomic E-state index is 0.0208. The Morgan fingerprint density at radius 1 is 1.67 bits per heavy atom. The Balaban J connectivity index is 3.01. The number of aromatic nitrogens is 1. The number of nitrogens with zero attached hydrogens (tertiary/aromatic N) is 1. The summed E-state index contributed by atoms with van der Waals surface area (Å²) in [4.78, 5) is 3.60. The molecule has 1 aromatic rings. The molecule has 0 atom stereocenters. The van der Waals surface area contributed by atoms with Crippen molar-refractivity contribution in [1.82, 2.24) is 4.98 Å². The molecule has 47 valence electrons. The van der Waals surface area contributed by atoms with Gasteiger partial charge in [0.15, 0.2) is 0 Å². The van der Waals surface area contributed by atoms with Crippen molar-refractivity contribution < 1.29 is 10.2 Å². The van der Waals surface area contributed by atoms with Gasteiger partial charge in [-0.2, -0.15) is 0 Å². The standard InChI is InChI=1S/C6H6NO2/c8-4-5-1-2-7-3-6(5)9/h1-3,9H,4H2. The summed E-state index contributed by atoms with van der Waals surface area (Å²) in [6.07, 6.45) is 2.74. The lowest BCUT2D eigenvalue weighted by Gasteiger charge is -1.94. The van der Waals surface area contributed by atoms with Gasteiger partial charge in [0.05, 0.1) is 6.20 Å². The summed E-state index contributed by atoms with van der Waals surface area (Å²) in [7, 11) is 0. The molecule has 1 aromatic heterocycles. The summed E-state index contributed by atoms with van der Waals surface area (Å²) in [6, 6.07) is 1.50. The van der Waals surface area contributed by atoms with Crippen molar-refractivity contribution in [1.29, 1.82) is 0 Å². The summed E-state index contributed by atoms with van der Waals surface area (Å²) in [5.41, 5.74) is 0.394. The largest absolute Gasteiger partial charge is 0.506 e. The summed E-state index contributed by atoms with van der Waals surface area (Å²) >= 11 is 0. The van der Waals surface area contributed by atoms with Crippen LogP contribution in [0.15, 0.2) is 18.5 Å². The maximum atomic E-state index is 10.2. The van der Waals surface area contributed by atoms with Crippen LogP contribution in [-0.4, -0.2) is 10.1 Å². The molecule has 0 saturated heterocycles. The van der Waals surface area contributed by atoms with Crippen molar-refractivity contribution in [3.63, 3.8) is 0 Å². The topological polar surface area (TPSA) is 53.0 Å². The molecule has 0 unspecified atom stereocenters. The highest BCUT2D eigenvalue weighted by atomic mass is 16.3. The van der Waals surface area contributed by atoms with Crippen LogP contribution in [0.2, 0.25) is 0 Å². The maximum absolute atomic E-state index is 10.2. The Hall–Kier alpha value is -1.09. The Bertz CT molecular complexity index is 200. The van der Waals surface area contributed by atoms with Gasteiger partial charge in [0.25, 0.3) is 0 Å². The lowest BCUT2D eigenvalue weighted by atomic mass is 10.3. The minimum Gasteiger partial charge on any atom is -0.506 e. The maximum Gasteiger partial charge on any atom is 0.139 e. The van der Waals surface area contributed by atoms with Gasteiger partial charge in [-0.15, -0.1) is 0 Å². The molecule has 0 aliphatic rings. The quantitative estimate of drug-likeness (QED) is 0.599. The molecule has 0 saturated carbocycles. The summed E-state index contributed by atoms with van der Waals surface area (Å²) < 4.78 is 0. The molecule has 1 rings (SSSR count). The van der Waals surface area contributed by atoms with Crippen molar-refractivity contribution in [2.75, 3.05) is 0 Å². The van der Waals surface area contributed by atoms with Crippen molar-refractivity contribution >= 4 is 0 Å². The second-order valence-corrected chi connectivity index (χ2v) is 1.65. The molecule has 9 heavy (non-hydrogen) atoms. The average molecular weight is 124 g/mol. The SMILES string of the molecule is [O]Cc1ccncc1O. The fraction of sp³-hybridized carbons (Fsp3) is 0.167. The number of hydrogen-bond acceptors (Lipinski definition) is 2. The van der Waals surface area contributed by atoms with Crippen LogP contribution in [0.25, 0.3) is 0 Å². The molecule has 0 amide bonds. The first-order valence-corrected chi connectivity index (χ1v) is 2.54. The Labute approximate surface area is 52.6 Å². The van der Waals surface area contributed by atoms with Crippen LogP contribution in [0.4, 0.5) is 0 Å². The molecule has 0 fully saturated rings. The van der Waals surface area contributed by atoms with Gasteiger partial charge in [0.1, 0.15) is 12.4 Å². The third kappa shape index (κ3) is 1.17. The van der Waals surface area contributed by atoms with Crippen LogP contribution < -0.4 is 0 Å². The zero-order chi connectivity index (χ0) is 6.69. The van der Waals surface area contributed by atoms with Crippen LogP contribution >= 0.6 is 0 Å². The van der Waals surface area contributed by atoms with E-state index in [0.717, 1.165) is 0 Å². The van der Waals surface area contributed by atoms with Gasteiger partial charge >= 0.3 is 0 Å². The molecular formula is C6H6NO2. The minimum atomic E-state index is -0.394. The highest BCUT2D eigenvalue weighted by molar-refractivity contribution is 5.26. The molecule has 1 heterocycles. The monoisotopic (exact) mass is 124 g/mol. The van der Waals surface area contributed by atoms with E-state index in [1.807, 2.05) is 0 Å². The molecule has 0 bridgehead atoms. The van der Waals surface area contributed by atoms with Gasteiger partial charge in [0.2, 0.25) is 0 Å². The van der Waals surface area contributed by atoms with E-state index in [0.29, 0.717) is 5.56 Å². The molecule has 0 spiro atoms. The Morgan fingerprint density at radius 2 is 2.44 bits per heavy atom. The third-order valence-corrected chi connectivity index (χ3v) is 1.04. The van der Waals surface area contributed by atoms with Crippen LogP contribution in [0, 0.1) is 0 Å². The van der Waals surface area contributed by atoms with Crippen LogP contribution in [0.1, 0.15) is 5.56 Å². The van der Waals surface area contributed by atoms with Gasteiger partial charge in [-0.25, -0.2) is 5.11 Å². The van der Waals surface area contributed by atoms with E-state index in [1.54, 1.807) is 0 Å². The first kappa shape index (κ1) is 6.04. The summed E-state index contributed by atoms with van der Waals surface area (Å²) in [6.45, 7) is -0.394. The zero-order valence-corrected chi connectivity index (χ0v) is 4.74. The van der Waals surface area contributed by atoms with Gasteiger partial charge in [-0.3, -0.25) is 4.98 Å². The predicted molar refractivity (Wildman–Crippen MR) is 30.3 cm³/mol. The first-order chi connectivity index (χ1) is 4.34. The van der Waals surface area contributed by atoms with Gasteiger partial charge in [0, 0.05) is 11.8 Å². The van der Waals surface area contributed by atoms with E-state index < -0.39 is 6.61 Å². The van der Waals surface area contributed by atoms with E-state index >= 15 is 0 Å². The number of aromatic hydroxyl groups is 1. The van der Waals surface area contributed by atoms with Crippen LogP contribution in [-0.2, 0) is 11.7 Å². The van der Waals surface area contributed by atoms with Gasteiger partial charge < -0.3 is 5.11 Å². The smallest absolute Gasteiger partial charge is 0.139 e. The van der Waals surface area contributed by atoms with E-state index in [2.05, 4.69) is 4.98 Å². The summed E-state index contributed by atoms with van der Waals surface area (Å²) in [5.74, 6) is -0.0208. The molecule has 1 radical (unpaired) electrons. The van der Waals surface area contributed by atoms with Crippen LogP contribution in [0.5, 0.6) is 5.75 Å². The fourth-order valence-electron chi connectivity index (χ4n) is 0.537. The first-order valence-electron chi connectivity index (χ1n) is 2.54. The molecule has 3 heteroatoms. The predicted octanol–water partition coefficient (Wildman–Crippen LogP) is 0.718. The normalized spacial score (nSPS) is 9.44. The molecule has 3 nitrogen and oxygen atoms in total. The highest BCUT2D eigenvalue weighted by Gasteiger charge is 1.95. The molecular weight excluding hydrogens is 118 g/mol. The highest BCUT2D eigenvalue weighted by Crippen LogP contribution is 2.12. The molecule has 0 aromatic carbocycles. The second kappa shape index (κ2) is 2.46. The van der Waals surface area contributed by atoms with Crippen molar-refractivity contribution in [3.05, 3.63) is 24.0 Å². The lowest BCUT2D eigenvalue weighted by molar-refractivity contribution is 0.174. The van der Waals surface area contributed by atoms with Gasteiger partial charge in [-0.1, -0.05) is 0 Å². The fourth-order valence-corrected chi connectivity index (χ4v) is 0.537. The second-order valence-electron chi connectivity index (χ2n) is 1.65. The molecule has 1 N–H and O–H groups in total. The summed E-state index contributed by atoms with van der Waals surface area (Å²) in [5, 5.41) is 19.0. The van der Waals surface area contributed by atoms with Gasteiger partial charge in [-0.05, 0) is 6.07 Å². The third-order valence-electron chi connectivity index (χ3n) is 1.04. The van der Waals surface area contributed by atoms with E-state index in [9.17, 15) is 5.11 Å². The van der Waals surface area contributed by atoms with E-state index in [-0.39, 0.29) is 5.75 Å². The van der Waals surface area contributed by atoms with Crippen molar-refractivity contribution in [2.45, 2.75) is 6.61 Å². The molecule has 0 aliphatic carbocycles.